The molecule has 0 radical (unpaired) electrons. The van der Waals surface area contributed by atoms with Gasteiger partial charge in [0.2, 0.25) is 5.91 Å². The number of likely N-dealkylation sites (N-methyl/N-ethyl adjacent to an activating group) is 1. The number of carbonyl (C=O) groups is 2. The fourth-order valence-corrected chi connectivity index (χ4v) is 3.51. The largest absolute Gasteiger partial charge is 0.480 e. The lowest BCUT2D eigenvalue weighted by molar-refractivity contribution is -0.143. The van der Waals surface area contributed by atoms with Crippen molar-refractivity contribution >= 4 is 33.3 Å². The number of amides is 1. The van der Waals surface area contributed by atoms with Gasteiger partial charge in [0.1, 0.15) is 6.04 Å². The molecule has 1 aromatic carbocycles. The molecule has 1 amide bonds. The van der Waals surface area contributed by atoms with Crippen LogP contribution in [-0.2, 0) is 9.59 Å². The zero-order valence-electron chi connectivity index (χ0n) is 12.9. The first-order valence-electron chi connectivity index (χ1n) is 7.02. The molecule has 1 unspecified atom stereocenters. The van der Waals surface area contributed by atoms with Crippen LogP contribution in [0.2, 0.25) is 0 Å². The fourth-order valence-electron chi connectivity index (χ4n) is 2.29. The molecule has 2 aromatic rings. The van der Waals surface area contributed by atoms with Crippen LogP contribution >= 0.6 is 11.3 Å². The number of carboxylic acids is 1. The lowest BCUT2D eigenvalue weighted by Crippen LogP contribution is -2.34. The average Bonchev–Trinajstić information content (AvgIpc) is 2.87. The topological polar surface area (TPSA) is 60.9 Å². The summed E-state index contributed by atoms with van der Waals surface area (Å²) in [6.45, 7) is 0.405. The first-order valence-corrected chi connectivity index (χ1v) is 7.83. The maximum atomic E-state index is 11.7. The smallest absolute Gasteiger partial charge is 0.326 e. The molecule has 0 spiro atoms. The van der Waals surface area contributed by atoms with E-state index in [9.17, 15) is 14.7 Å². The van der Waals surface area contributed by atoms with Crippen LogP contribution in [0, 0.1) is 0 Å². The minimum atomic E-state index is -0.897. The minimum absolute atomic E-state index is 0.00710. The summed E-state index contributed by atoms with van der Waals surface area (Å²) >= 11 is 1.48. The third-order valence-electron chi connectivity index (χ3n) is 3.57. The quantitative estimate of drug-likeness (QED) is 0.888. The zero-order valence-corrected chi connectivity index (χ0v) is 13.8. The number of hydrogen-bond acceptors (Lipinski definition) is 4. The van der Waals surface area contributed by atoms with Crippen molar-refractivity contribution in [1.82, 2.24) is 9.80 Å². The third-order valence-corrected chi connectivity index (χ3v) is 4.73. The van der Waals surface area contributed by atoms with Crippen molar-refractivity contribution in [3.63, 3.8) is 0 Å². The molecular weight excluding hydrogens is 300 g/mol. The Balaban J connectivity index is 2.18. The van der Waals surface area contributed by atoms with Crippen LogP contribution in [0.3, 0.4) is 0 Å². The summed E-state index contributed by atoms with van der Waals surface area (Å²) in [6.07, 6.45) is 0.304. The summed E-state index contributed by atoms with van der Waals surface area (Å²) in [5.74, 6) is -0.904. The fraction of sp³-hybridized carbons (Fsp3) is 0.375. The monoisotopic (exact) mass is 320 g/mol. The number of nitrogens with zero attached hydrogens (tertiary/aromatic N) is 2. The van der Waals surface area contributed by atoms with Gasteiger partial charge in [-0.3, -0.25) is 14.5 Å². The molecule has 2 rings (SSSR count). The molecule has 0 aliphatic rings. The van der Waals surface area contributed by atoms with Gasteiger partial charge in [-0.25, -0.2) is 0 Å². The first-order chi connectivity index (χ1) is 10.4. The summed E-state index contributed by atoms with van der Waals surface area (Å²) in [6, 6.07) is 9.03. The van der Waals surface area contributed by atoms with Gasteiger partial charge in [-0.05, 0) is 24.6 Å². The van der Waals surface area contributed by atoms with Crippen molar-refractivity contribution < 1.29 is 14.7 Å². The zero-order chi connectivity index (χ0) is 16.3. The van der Waals surface area contributed by atoms with Crippen LogP contribution in [0.15, 0.2) is 30.3 Å². The lowest BCUT2D eigenvalue weighted by atomic mass is 10.1. The maximum absolute atomic E-state index is 11.7. The van der Waals surface area contributed by atoms with Crippen molar-refractivity contribution in [3.8, 4) is 0 Å². The number of carbonyl (C=O) groups excluding carboxylic acids is 1. The van der Waals surface area contributed by atoms with Gasteiger partial charge in [0.25, 0.3) is 0 Å². The molecule has 5 nitrogen and oxygen atoms in total. The highest BCUT2D eigenvalue weighted by molar-refractivity contribution is 7.19. The van der Waals surface area contributed by atoms with Crippen molar-refractivity contribution in [1.29, 1.82) is 0 Å². The predicted molar refractivity (Wildman–Crippen MR) is 88.1 cm³/mol. The third kappa shape index (κ3) is 3.64. The molecule has 1 atom stereocenters. The molecule has 0 aliphatic heterocycles. The van der Waals surface area contributed by atoms with Crippen molar-refractivity contribution in [2.45, 2.75) is 12.5 Å². The van der Waals surface area contributed by atoms with E-state index in [1.54, 1.807) is 26.0 Å². The van der Waals surface area contributed by atoms with Crippen LogP contribution in [0.5, 0.6) is 0 Å². The van der Waals surface area contributed by atoms with Gasteiger partial charge in [-0.15, -0.1) is 11.3 Å². The number of fused-ring (bicyclic) bond motifs is 1. The molecule has 1 heterocycles. The van der Waals surface area contributed by atoms with E-state index in [2.05, 4.69) is 0 Å². The summed E-state index contributed by atoms with van der Waals surface area (Å²) in [5, 5.41) is 10.6. The maximum Gasteiger partial charge on any atom is 0.326 e. The van der Waals surface area contributed by atoms with E-state index in [-0.39, 0.29) is 5.91 Å². The summed E-state index contributed by atoms with van der Waals surface area (Å²) in [5.41, 5.74) is 0. The molecule has 1 aromatic heterocycles. The number of hydrogen-bond donors (Lipinski definition) is 1. The highest BCUT2D eigenvalue weighted by Gasteiger charge is 2.27. The number of carboxylic acid groups (broad SMARTS) is 1. The Hall–Kier alpha value is -1.92. The lowest BCUT2D eigenvalue weighted by Gasteiger charge is -2.24. The second-order valence-corrected chi connectivity index (χ2v) is 6.56. The SMILES string of the molecule is CN(C)C(=O)CCN(C)C(C(=O)O)c1cc2ccccc2s1. The van der Waals surface area contributed by atoms with Gasteiger partial charge in [0.05, 0.1) is 0 Å². The molecular formula is C16H20N2O3S. The Kier molecular flexibility index (Phi) is 5.15. The van der Waals surface area contributed by atoms with E-state index in [1.165, 1.54) is 16.2 Å². The Bertz CT molecular complexity index is 648. The molecule has 0 saturated heterocycles. The van der Waals surface area contributed by atoms with E-state index in [0.717, 1.165) is 15.0 Å². The molecule has 0 fully saturated rings. The highest BCUT2D eigenvalue weighted by Crippen LogP contribution is 2.32. The van der Waals surface area contributed by atoms with Gasteiger partial charge >= 0.3 is 5.97 Å². The molecule has 118 valence electrons. The van der Waals surface area contributed by atoms with Gasteiger partial charge in [-0.2, -0.15) is 0 Å². The Morgan fingerprint density at radius 2 is 1.91 bits per heavy atom. The predicted octanol–water partition coefficient (Wildman–Crippen LogP) is 2.44. The minimum Gasteiger partial charge on any atom is -0.480 e. The van der Waals surface area contributed by atoms with Gasteiger partial charge in [0.15, 0.2) is 0 Å². The van der Waals surface area contributed by atoms with Crippen molar-refractivity contribution in [2.24, 2.45) is 0 Å². The number of rotatable bonds is 6. The normalized spacial score (nSPS) is 12.5. The highest BCUT2D eigenvalue weighted by atomic mass is 32.1. The van der Waals surface area contributed by atoms with E-state index in [0.29, 0.717) is 13.0 Å². The molecule has 0 aliphatic carbocycles. The van der Waals surface area contributed by atoms with Gasteiger partial charge < -0.3 is 10.0 Å². The average molecular weight is 320 g/mol. The number of benzene rings is 1. The van der Waals surface area contributed by atoms with Crippen LogP contribution in [0.25, 0.3) is 10.1 Å². The van der Waals surface area contributed by atoms with Gasteiger partial charge in [0, 0.05) is 36.6 Å². The summed E-state index contributed by atoms with van der Waals surface area (Å²) in [4.78, 5) is 27.4. The molecule has 22 heavy (non-hydrogen) atoms. The molecule has 1 N–H and O–H groups in total. The Labute approximate surface area is 133 Å². The summed E-state index contributed by atoms with van der Waals surface area (Å²) in [7, 11) is 5.14. The van der Waals surface area contributed by atoms with Crippen LogP contribution in [0.1, 0.15) is 17.3 Å². The molecule has 0 saturated carbocycles. The van der Waals surface area contributed by atoms with E-state index >= 15 is 0 Å². The van der Waals surface area contributed by atoms with Crippen molar-refractivity contribution in [2.75, 3.05) is 27.7 Å². The number of thiophene rings is 1. The second-order valence-electron chi connectivity index (χ2n) is 5.45. The first kappa shape index (κ1) is 16.5. The van der Waals surface area contributed by atoms with Crippen LogP contribution in [0.4, 0.5) is 0 Å². The Morgan fingerprint density at radius 1 is 1.23 bits per heavy atom. The summed E-state index contributed by atoms with van der Waals surface area (Å²) < 4.78 is 1.07. The van der Waals surface area contributed by atoms with E-state index in [1.807, 2.05) is 30.3 Å². The van der Waals surface area contributed by atoms with Crippen molar-refractivity contribution in [3.05, 3.63) is 35.2 Å². The van der Waals surface area contributed by atoms with Crippen LogP contribution in [-0.4, -0.2) is 54.5 Å². The van der Waals surface area contributed by atoms with Crippen LogP contribution < -0.4 is 0 Å². The second kappa shape index (κ2) is 6.89. The van der Waals surface area contributed by atoms with Gasteiger partial charge in [-0.1, -0.05) is 18.2 Å². The Morgan fingerprint density at radius 3 is 2.50 bits per heavy atom. The molecule has 6 heteroatoms. The number of aliphatic carboxylic acids is 1. The molecule has 0 bridgehead atoms. The van der Waals surface area contributed by atoms with E-state index in [4.69, 9.17) is 0 Å². The standard InChI is InChI=1S/C16H20N2O3S/c1-17(2)14(19)8-9-18(3)15(16(20)21)13-10-11-6-4-5-7-12(11)22-13/h4-7,10,15H,8-9H2,1-3H3,(H,20,21). The van der Waals surface area contributed by atoms with E-state index < -0.39 is 12.0 Å².